The molecular formula is C18H24N4OS. The highest BCUT2D eigenvalue weighted by molar-refractivity contribution is 7.13. The first-order chi connectivity index (χ1) is 11.6. The smallest absolute Gasteiger partial charge is 0.222 e. The Hall–Kier alpha value is -2.08. The Kier molecular flexibility index (Phi) is 5.35. The first-order valence-electron chi connectivity index (χ1n) is 8.35. The Morgan fingerprint density at radius 3 is 2.92 bits per heavy atom. The number of aryl methyl sites for hydroxylation is 1. The third-order valence-electron chi connectivity index (χ3n) is 4.53. The number of benzene rings is 1. The van der Waals surface area contributed by atoms with Crippen molar-refractivity contribution < 1.29 is 4.79 Å². The molecule has 3 rings (SSSR count). The van der Waals surface area contributed by atoms with Gasteiger partial charge in [-0.1, -0.05) is 18.2 Å². The van der Waals surface area contributed by atoms with Gasteiger partial charge in [0.2, 0.25) is 5.91 Å². The van der Waals surface area contributed by atoms with Crippen LogP contribution >= 0.6 is 11.3 Å². The maximum atomic E-state index is 12.3. The van der Waals surface area contributed by atoms with Crippen LogP contribution in [0.3, 0.4) is 0 Å². The molecule has 2 N–H and O–H groups in total. The molecule has 1 aliphatic heterocycles. The molecule has 0 unspecified atom stereocenters. The van der Waals surface area contributed by atoms with Crippen LogP contribution in [0, 0.1) is 5.92 Å². The Balaban J connectivity index is 1.44. The lowest BCUT2D eigenvalue weighted by Gasteiger charge is -2.22. The van der Waals surface area contributed by atoms with Gasteiger partial charge < -0.3 is 15.5 Å². The van der Waals surface area contributed by atoms with Gasteiger partial charge in [0.25, 0.3) is 0 Å². The number of hydrogen-bond acceptors (Lipinski definition) is 5. The monoisotopic (exact) mass is 344 g/mol. The highest BCUT2D eigenvalue weighted by atomic mass is 32.1. The minimum atomic E-state index is 0.180. The fraction of sp³-hybridized carbons (Fsp3) is 0.444. The number of nitrogens with two attached hydrogens (primary N) is 1. The molecule has 2 aromatic rings. The zero-order valence-corrected chi connectivity index (χ0v) is 14.8. The molecule has 5 nitrogen and oxygen atoms in total. The first-order valence-corrected chi connectivity index (χ1v) is 9.23. The molecular weight excluding hydrogens is 320 g/mol. The minimum absolute atomic E-state index is 0.180. The van der Waals surface area contributed by atoms with E-state index in [-0.39, 0.29) is 5.91 Å². The summed E-state index contributed by atoms with van der Waals surface area (Å²) in [6.45, 7) is 2.90. The lowest BCUT2D eigenvalue weighted by atomic mass is 10.1. The second-order valence-electron chi connectivity index (χ2n) is 6.39. The number of rotatable bonds is 6. The number of para-hydroxylation sites is 1. The molecule has 1 aliphatic rings. The molecule has 6 heteroatoms. The van der Waals surface area contributed by atoms with Gasteiger partial charge in [0.15, 0.2) is 5.13 Å². The fourth-order valence-electron chi connectivity index (χ4n) is 3.21. The van der Waals surface area contributed by atoms with Crippen LogP contribution in [0.1, 0.15) is 18.5 Å². The van der Waals surface area contributed by atoms with E-state index >= 15 is 0 Å². The van der Waals surface area contributed by atoms with Crippen molar-refractivity contribution in [3.05, 3.63) is 41.4 Å². The summed E-state index contributed by atoms with van der Waals surface area (Å²) >= 11 is 1.42. The van der Waals surface area contributed by atoms with Crippen LogP contribution in [0.15, 0.2) is 35.7 Å². The van der Waals surface area contributed by atoms with Crippen LogP contribution < -0.4 is 10.6 Å². The van der Waals surface area contributed by atoms with Gasteiger partial charge in [-0.2, -0.15) is 0 Å². The van der Waals surface area contributed by atoms with E-state index in [9.17, 15) is 4.79 Å². The minimum Gasteiger partial charge on any atom is -0.375 e. The maximum Gasteiger partial charge on any atom is 0.222 e. The quantitative estimate of drug-likeness (QED) is 0.875. The summed E-state index contributed by atoms with van der Waals surface area (Å²) in [5.41, 5.74) is 7.81. The molecule has 24 heavy (non-hydrogen) atoms. The molecule has 1 saturated heterocycles. The van der Waals surface area contributed by atoms with Crippen molar-refractivity contribution in [2.75, 3.05) is 37.3 Å². The van der Waals surface area contributed by atoms with Gasteiger partial charge in [0.05, 0.1) is 5.69 Å². The van der Waals surface area contributed by atoms with E-state index in [0.717, 1.165) is 31.7 Å². The number of carbonyl (C=O) groups excluding carboxylic acids is 1. The predicted molar refractivity (Wildman–Crippen MR) is 99.2 cm³/mol. The summed E-state index contributed by atoms with van der Waals surface area (Å²) in [4.78, 5) is 20.8. The molecule has 1 fully saturated rings. The van der Waals surface area contributed by atoms with Gasteiger partial charge in [-0.25, -0.2) is 4.98 Å². The van der Waals surface area contributed by atoms with E-state index in [1.807, 2.05) is 23.4 Å². The summed E-state index contributed by atoms with van der Waals surface area (Å²) in [6, 6.07) is 10.5. The summed E-state index contributed by atoms with van der Waals surface area (Å²) in [6.07, 6.45) is 2.29. The summed E-state index contributed by atoms with van der Waals surface area (Å²) in [7, 11) is 1.91. The maximum absolute atomic E-state index is 12.3. The van der Waals surface area contributed by atoms with E-state index in [1.165, 1.54) is 17.0 Å². The number of hydrogen-bond donors (Lipinski definition) is 1. The third kappa shape index (κ3) is 4.26. The summed E-state index contributed by atoms with van der Waals surface area (Å²) < 4.78 is 0. The number of amides is 1. The average Bonchev–Trinajstić information content (AvgIpc) is 3.22. The molecule has 0 aliphatic carbocycles. The van der Waals surface area contributed by atoms with Crippen molar-refractivity contribution in [3.8, 4) is 0 Å². The highest BCUT2D eigenvalue weighted by Crippen LogP contribution is 2.24. The number of nitrogen functional groups attached to an aromatic ring is 1. The lowest BCUT2D eigenvalue weighted by Crippen LogP contribution is -2.33. The highest BCUT2D eigenvalue weighted by Gasteiger charge is 2.25. The molecule has 1 aromatic heterocycles. The summed E-state index contributed by atoms with van der Waals surface area (Å²) in [5, 5.41) is 2.50. The van der Waals surface area contributed by atoms with Crippen molar-refractivity contribution in [1.82, 2.24) is 9.88 Å². The largest absolute Gasteiger partial charge is 0.375 e. The van der Waals surface area contributed by atoms with Crippen LogP contribution in [0.5, 0.6) is 0 Å². The van der Waals surface area contributed by atoms with Crippen LogP contribution in [0.4, 0.5) is 10.8 Å². The Bertz CT molecular complexity index is 673. The SMILES string of the molecule is CN(C[C@H]1CCN(c2ccccc2)C1)C(=O)CCc1csc(N)n1. The van der Waals surface area contributed by atoms with Crippen molar-refractivity contribution in [2.24, 2.45) is 5.92 Å². The number of aromatic nitrogens is 1. The van der Waals surface area contributed by atoms with Crippen LogP contribution in [-0.4, -0.2) is 42.5 Å². The zero-order chi connectivity index (χ0) is 16.9. The molecule has 0 spiro atoms. The Morgan fingerprint density at radius 1 is 1.42 bits per heavy atom. The van der Waals surface area contributed by atoms with Gasteiger partial charge >= 0.3 is 0 Å². The first kappa shape index (κ1) is 16.8. The van der Waals surface area contributed by atoms with Crippen LogP contribution in [0.25, 0.3) is 0 Å². The summed E-state index contributed by atoms with van der Waals surface area (Å²) in [5.74, 6) is 0.716. The predicted octanol–water partition coefficient (Wildman–Crippen LogP) is 2.64. The molecule has 1 amide bonds. The molecule has 0 saturated carbocycles. The zero-order valence-electron chi connectivity index (χ0n) is 14.0. The van der Waals surface area contributed by atoms with Crippen LogP contribution in [0.2, 0.25) is 0 Å². The average molecular weight is 344 g/mol. The number of carbonyl (C=O) groups is 1. The van der Waals surface area contributed by atoms with Crippen molar-refractivity contribution in [2.45, 2.75) is 19.3 Å². The molecule has 0 radical (unpaired) electrons. The molecule has 1 aromatic carbocycles. The Labute approximate surface area is 147 Å². The van der Waals surface area contributed by atoms with Crippen LogP contribution in [-0.2, 0) is 11.2 Å². The molecule has 128 valence electrons. The second kappa shape index (κ2) is 7.66. The fourth-order valence-corrected chi connectivity index (χ4v) is 3.80. The van der Waals surface area contributed by atoms with E-state index in [2.05, 4.69) is 34.1 Å². The van der Waals surface area contributed by atoms with Gasteiger partial charge in [-0.05, 0) is 30.9 Å². The van der Waals surface area contributed by atoms with Crippen molar-refractivity contribution >= 4 is 28.1 Å². The van der Waals surface area contributed by atoms with Gasteiger partial charge in [0.1, 0.15) is 0 Å². The lowest BCUT2D eigenvalue weighted by molar-refractivity contribution is -0.130. The van der Waals surface area contributed by atoms with Gasteiger partial charge in [-0.3, -0.25) is 4.79 Å². The van der Waals surface area contributed by atoms with E-state index in [1.54, 1.807) is 0 Å². The normalized spacial score (nSPS) is 17.2. The number of anilines is 2. The number of thiazole rings is 1. The standard InChI is InChI=1S/C18H24N4OS/c1-21(17(23)8-7-15-13-24-18(19)20-15)11-14-9-10-22(12-14)16-5-3-2-4-6-16/h2-6,13-14H,7-12H2,1H3,(H2,19,20)/t14-/m1/s1. The van der Waals surface area contributed by atoms with Gasteiger partial charge in [-0.15, -0.1) is 11.3 Å². The van der Waals surface area contributed by atoms with Gasteiger partial charge in [0, 0.05) is 44.2 Å². The molecule has 0 bridgehead atoms. The topological polar surface area (TPSA) is 62.5 Å². The van der Waals surface area contributed by atoms with E-state index in [4.69, 9.17) is 5.73 Å². The molecule has 2 heterocycles. The number of nitrogens with zero attached hydrogens (tertiary/aromatic N) is 3. The van der Waals surface area contributed by atoms with E-state index in [0.29, 0.717) is 23.9 Å². The van der Waals surface area contributed by atoms with E-state index < -0.39 is 0 Å². The second-order valence-corrected chi connectivity index (χ2v) is 7.28. The Morgan fingerprint density at radius 2 is 2.21 bits per heavy atom. The third-order valence-corrected chi connectivity index (χ3v) is 5.25. The molecule has 1 atom stereocenters. The van der Waals surface area contributed by atoms with Crippen molar-refractivity contribution in [1.29, 1.82) is 0 Å². The van der Waals surface area contributed by atoms with Crippen molar-refractivity contribution in [3.63, 3.8) is 0 Å².